The number of ether oxygens (including phenoxy) is 2. The van der Waals surface area contributed by atoms with Gasteiger partial charge in [-0.3, -0.25) is 0 Å². The van der Waals surface area contributed by atoms with Gasteiger partial charge >= 0.3 is 0 Å². The molecule has 0 aromatic heterocycles. The van der Waals surface area contributed by atoms with Crippen LogP contribution in [-0.2, 0) is 9.05 Å². The Morgan fingerprint density at radius 1 is 1.28 bits per heavy atom. The van der Waals surface area contributed by atoms with E-state index < -0.39 is 9.05 Å². The molecular formula is C12H15ClO4S. The normalized spacial score (nSPS) is 12.5. The van der Waals surface area contributed by atoms with Gasteiger partial charge in [-0.15, -0.1) is 6.58 Å². The Kier molecular flexibility index (Phi) is 6.01. The first-order chi connectivity index (χ1) is 8.53. The number of unbranched alkanes of at least 4 members (excludes halogenated alkanes) is 1. The molecule has 4 nitrogen and oxygen atoms in total. The van der Waals surface area contributed by atoms with E-state index in [0.29, 0.717) is 19.6 Å². The summed E-state index contributed by atoms with van der Waals surface area (Å²) in [7, 11) is 1.63. The molecule has 0 fully saturated rings. The Labute approximate surface area is 112 Å². The van der Waals surface area contributed by atoms with E-state index in [1.807, 2.05) is 24.3 Å². The molecule has 1 aliphatic heterocycles. The van der Waals surface area contributed by atoms with Crippen molar-refractivity contribution in [2.24, 2.45) is 0 Å². The summed E-state index contributed by atoms with van der Waals surface area (Å²) in [4.78, 5) is 0. The number of rotatable bonds is 4. The monoisotopic (exact) mass is 290 g/mol. The van der Waals surface area contributed by atoms with Crippen LogP contribution in [0.1, 0.15) is 12.8 Å². The smallest absolute Gasteiger partial charge is 0.232 e. The van der Waals surface area contributed by atoms with Crippen molar-refractivity contribution in [1.29, 1.82) is 0 Å². The van der Waals surface area contributed by atoms with E-state index in [9.17, 15) is 8.42 Å². The fourth-order valence-corrected chi connectivity index (χ4v) is 2.08. The second-order valence-electron chi connectivity index (χ2n) is 3.53. The van der Waals surface area contributed by atoms with Crippen LogP contribution in [0.5, 0.6) is 11.5 Å². The topological polar surface area (TPSA) is 52.6 Å². The van der Waals surface area contributed by atoms with Crippen LogP contribution in [0.4, 0.5) is 0 Å². The van der Waals surface area contributed by atoms with E-state index in [-0.39, 0.29) is 5.75 Å². The quantitative estimate of drug-likeness (QED) is 0.486. The number of hydrogen-bond donors (Lipinski definition) is 0. The second kappa shape index (κ2) is 7.28. The third kappa shape index (κ3) is 5.93. The van der Waals surface area contributed by atoms with Crippen LogP contribution in [0, 0.1) is 0 Å². The highest BCUT2D eigenvalue weighted by Gasteiger charge is 2.09. The van der Waals surface area contributed by atoms with Crippen molar-refractivity contribution in [2.45, 2.75) is 12.8 Å². The molecule has 0 saturated carbocycles. The summed E-state index contributed by atoms with van der Waals surface area (Å²) in [6.45, 7) is 3.80. The van der Waals surface area contributed by atoms with Crippen LogP contribution in [-0.4, -0.2) is 21.0 Å². The Balaban J connectivity index is 0.000000180. The van der Waals surface area contributed by atoms with Gasteiger partial charge in [0.25, 0.3) is 0 Å². The number of para-hydroxylation sites is 2. The van der Waals surface area contributed by atoms with E-state index in [0.717, 1.165) is 11.5 Å². The Bertz CT molecular complexity index is 462. The summed E-state index contributed by atoms with van der Waals surface area (Å²) >= 11 is 0. The molecule has 6 heteroatoms. The van der Waals surface area contributed by atoms with Crippen molar-refractivity contribution in [2.75, 3.05) is 12.5 Å². The van der Waals surface area contributed by atoms with E-state index in [1.54, 1.807) is 6.08 Å². The van der Waals surface area contributed by atoms with Gasteiger partial charge in [-0.1, -0.05) is 18.2 Å². The number of fused-ring (bicyclic) bond motifs is 1. The van der Waals surface area contributed by atoms with Crippen molar-refractivity contribution < 1.29 is 17.9 Å². The van der Waals surface area contributed by atoms with Crippen LogP contribution < -0.4 is 9.47 Å². The minimum Gasteiger partial charge on any atom is -0.454 e. The predicted octanol–water partition coefficient (Wildman–Crippen LogP) is 2.94. The van der Waals surface area contributed by atoms with Gasteiger partial charge in [-0.2, -0.15) is 0 Å². The van der Waals surface area contributed by atoms with Crippen LogP contribution in [0.15, 0.2) is 36.9 Å². The summed E-state index contributed by atoms with van der Waals surface area (Å²) in [5.74, 6) is 1.73. The van der Waals surface area contributed by atoms with Gasteiger partial charge in [0, 0.05) is 10.7 Å². The molecule has 0 N–H and O–H groups in total. The molecule has 1 heterocycles. The third-order valence-corrected chi connectivity index (χ3v) is 3.31. The number of benzene rings is 1. The molecule has 0 unspecified atom stereocenters. The van der Waals surface area contributed by atoms with Gasteiger partial charge in [-0.25, -0.2) is 8.42 Å². The summed E-state index contributed by atoms with van der Waals surface area (Å²) in [5, 5.41) is 0. The number of allylic oxidation sites excluding steroid dienone is 1. The van der Waals surface area contributed by atoms with Crippen LogP contribution in [0.3, 0.4) is 0 Å². The Morgan fingerprint density at radius 3 is 2.28 bits per heavy atom. The highest BCUT2D eigenvalue weighted by molar-refractivity contribution is 8.13. The molecule has 0 aliphatic carbocycles. The molecule has 0 bridgehead atoms. The van der Waals surface area contributed by atoms with Gasteiger partial charge in [-0.05, 0) is 25.0 Å². The minimum atomic E-state index is -3.27. The molecule has 1 aliphatic rings. The minimum absolute atomic E-state index is 0.0422. The Hall–Kier alpha value is -1.20. The zero-order valence-electron chi connectivity index (χ0n) is 9.84. The highest BCUT2D eigenvalue weighted by Crippen LogP contribution is 2.30. The molecule has 0 radical (unpaired) electrons. The van der Waals surface area contributed by atoms with Crippen LogP contribution >= 0.6 is 10.7 Å². The van der Waals surface area contributed by atoms with Gasteiger partial charge in [0.1, 0.15) is 0 Å². The van der Waals surface area contributed by atoms with Gasteiger partial charge in [0.15, 0.2) is 11.5 Å². The SMILES string of the molecule is C=CCCCS(=O)(=O)Cl.c1ccc2c(c1)OCO2. The second-order valence-corrected chi connectivity index (χ2v) is 6.42. The maximum atomic E-state index is 10.2. The summed E-state index contributed by atoms with van der Waals surface area (Å²) in [6, 6.07) is 7.63. The molecular weight excluding hydrogens is 276 g/mol. The van der Waals surface area contributed by atoms with Gasteiger partial charge in [0.05, 0.1) is 5.75 Å². The largest absolute Gasteiger partial charge is 0.454 e. The predicted molar refractivity (Wildman–Crippen MR) is 71.6 cm³/mol. The molecule has 0 atom stereocenters. The lowest BCUT2D eigenvalue weighted by atomic mass is 10.3. The van der Waals surface area contributed by atoms with E-state index in [4.69, 9.17) is 20.2 Å². The maximum Gasteiger partial charge on any atom is 0.232 e. The molecule has 100 valence electrons. The van der Waals surface area contributed by atoms with E-state index in [1.165, 1.54) is 0 Å². The molecule has 1 aromatic carbocycles. The van der Waals surface area contributed by atoms with Crippen LogP contribution in [0.2, 0.25) is 0 Å². The Morgan fingerprint density at radius 2 is 1.83 bits per heavy atom. The molecule has 2 rings (SSSR count). The van der Waals surface area contributed by atoms with Crippen molar-refractivity contribution in [3.8, 4) is 11.5 Å². The molecule has 18 heavy (non-hydrogen) atoms. The summed E-state index contributed by atoms with van der Waals surface area (Å²) in [5.41, 5.74) is 0. The zero-order chi connectivity index (χ0) is 13.4. The van der Waals surface area contributed by atoms with E-state index >= 15 is 0 Å². The molecule has 1 aromatic rings. The number of hydrogen-bond acceptors (Lipinski definition) is 4. The first-order valence-corrected chi connectivity index (χ1v) is 7.88. The first kappa shape index (κ1) is 14.9. The zero-order valence-corrected chi connectivity index (χ0v) is 11.4. The summed E-state index contributed by atoms with van der Waals surface area (Å²) < 4.78 is 30.6. The average Bonchev–Trinajstić information content (AvgIpc) is 2.76. The van der Waals surface area contributed by atoms with Crippen molar-refractivity contribution in [3.05, 3.63) is 36.9 Å². The standard InChI is InChI=1S/C7H6O2.C5H9ClO2S/c1-2-4-7-6(3-1)8-5-9-7;1-2-3-4-5-9(6,7)8/h1-4H,5H2;2H,1,3-5H2. The van der Waals surface area contributed by atoms with Gasteiger partial charge in [0.2, 0.25) is 15.8 Å². The summed E-state index contributed by atoms with van der Waals surface area (Å²) in [6.07, 6.45) is 2.93. The molecule has 0 spiro atoms. The molecule has 0 saturated heterocycles. The lowest BCUT2D eigenvalue weighted by molar-refractivity contribution is 0.174. The number of halogens is 1. The lowest BCUT2D eigenvalue weighted by Crippen LogP contribution is -1.95. The average molecular weight is 291 g/mol. The van der Waals surface area contributed by atoms with Crippen molar-refractivity contribution in [1.82, 2.24) is 0 Å². The van der Waals surface area contributed by atoms with Crippen LogP contribution in [0.25, 0.3) is 0 Å². The van der Waals surface area contributed by atoms with E-state index in [2.05, 4.69) is 6.58 Å². The first-order valence-electron chi connectivity index (χ1n) is 5.41. The highest BCUT2D eigenvalue weighted by atomic mass is 35.7. The fraction of sp³-hybridized carbons (Fsp3) is 0.333. The molecule has 0 amide bonds. The lowest BCUT2D eigenvalue weighted by Gasteiger charge is -1.89. The maximum absolute atomic E-state index is 10.2. The third-order valence-electron chi connectivity index (χ3n) is 2.07. The van der Waals surface area contributed by atoms with Crippen molar-refractivity contribution >= 4 is 19.7 Å². The fourth-order valence-electron chi connectivity index (χ4n) is 1.25. The van der Waals surface area contributed by atoms with Crippen molar-refractivity contribution in [3.63, 3.8) is 0 Å². The van der Waals surface area contributed by atoms with Gasteiger partial charge < -0.3 is 9.47 Å².